The van der Waals surface area contributed by atoms with Gasteiger partial charge in [0.15, 0.2) is 0 Å². The highest BCUT2D eigenvalue weighted by atomic mass is 16.5. The maximum atomic E-state index is 11.2. The van der Waals surface area contributed by atoms with Crippen molar-refractivity contribution in [3.8, 4) is 6.07 Å². The molecule has 17 heavy (non-hydrogen) atoms. The van der Waals surface area contributed by atoms with Crippen LogP contribution in [0.4, 0.5) is 0 Å². The normalized spacial score (nSPS) is 11.6. The molecule has 0 aliphatic rings. The molecule has 0 bridgehead atoms. The van der Waals surface area contributed by atoms with Gasteiger partial charge in [0, 0.05) is 13.1 Å². The summed E-state index contributed by atoms with van der Waals surface area (Å²) in [5.41, 5.74) is 1.62. The number of nitrogens with one attached hydrogen (secondary N) is 1. The lowest BCUT2D eigenvalue weighted by molar-refractivity contribution is 0.0600. The summed E-state index contributed by atoms with van der Waals surface area (Å²) in [6, 6.07) is 9.37. The minimum absolute atomic E-state index is 0.00402. The molecule has 0 saturated carbocycles. The van der Waals surface area contributed by atoms with Gasteiger partial charge < -0.3 is 10.1 Å². The van der Waals surface area contributed by atoms with E-state index < -0.39 is 0 Å². The summed E-state index contributed by atoms with van der Waals surface area (Å²) in [5, 5.41) is 11.8. The number of nitriles is 1. The number of carbonyl (C=O) groups excluding carboxylic acids is 1. The van der Waals surface area contributed by atoms with Crippen molar-refractivity contribution >= 4 is 5.97 Å². The Morgan fingerprint density at radius 2 is 2.12 bits per heavy atom. The van der Waals surface area contributed by atoms with Gasteiger partial charge in [-0.05, 0) is 24.6 Å². The lowest BCUT2D eigenvalue weighted by Gasteiger charge is -2.06. The molecule has 0 aliphatic heterocycles. The standard InChI is InChI=1S/C13H16N2O2/c1-10(7-14)8-15-9-11-3-5-12(6-4-11)13(16)17-2/h3-6,10,15H,8-9H2,1-2H3/t10-/m1/s1. The highest BCUT2D eigenvalue weighted by Crippen LogP contribution is 2.05. The van der Waals surface area contributed by atoms with Crippen LogP contribution in [0.2, 0.25) is 0 Å². The Labute approximate surface area is 101 Å². The Hall–Kier alpha value is -1.86. The summed E-state index contributed by atoms with van der Waals surface area (Å²) in [4.78, 5) is 11.2. The molecule has 0 aromatic heterocycles. The molecule has 0 amide bonds. The second-order valence-corrected chi connectivity index (χ2v) is 3.85. The average Bonchev–Trinajstić information content (AvgIpc) is 2.38. The van der Waals surface area contributed by atoms with Gasteiger partial charge in [-0.15, -0.1) is 0 Å². The highest BCUT2D eigenvalue weighted by molar-refractivity contribution is 5.89. The van der Waals surface area contributed by atoms with Crippen LogP contribution in [0, 0.1) is 17.2 Å². The monoisotopic (exact) mass is 232 g/mol. The van der Waals surface area contributed by atoms with Gasteiger partial charge in [0.2, 0.25) is 0 Å². The van der Waals surface area contributed by atoms with Gasteiger partial charge in [-0.1, -0.05) is 12.1 Å². The first-order chi connectivity index (χ1) is 8.17. The molecule has 4 nitrogen and oxygen atoms in total. The van der Waals surface area contributed by atoms with Crippen molar-refractivity contribution in [3.63, 3.8) is 0 Å². The molecule has 1 aromatic rings. The van der Waals surface area contributed by atoms with Gasteiger partial charge in [-0.2, -0.15) is 5.26 Å². The number of rotatable bonds is 5. The Kier molecular flexibility index (Phi) is 5.18. The van der Waals surface area contributed by atoms with E-state index in [1.54, 1.807) is 12.1 Å². The molecule has 90 valence electrons. The zero-order valence-corrected chi connectivity index (χ0v) is 10.1. The van der Waals surface area contributed by atoms with Crippen molar-refractivity contribution in [2.45, 2.75) is 13.5 Å². The third-order valence-corrected chi connectivity index (χ3v) is 2.38. The molecular formula is C13H16N2O2. The van der Waals surface area contributed by atoms with E-state index in [1.807, 2.05) is 19.1 Å². The van der Waals surface area contributed by atoms with Gasteiger partial charge in [-0.3, -0.25) is 0 Å². The molecule has 0 spiro atoms. The first kappa shape index (κ1) is 13.2. The predicted molar refractivity (Wildman–Crippen MR) is 64.3 cm³/mol. The van der Waals surface area contributed by atoms with E-state index in [2.05, 4.69) is 16.1 Å². The van der Waals surface area contributed by atoms with Crippen LogP contribution in [0.25, 0.3) is 0 Å². The van der Waals surface area contributed by atoms with Gasteiger partial charge in [-0.25, -0.2) is 4.79 Å². The van der Waals surface area contributed by atoms with Crippen LogP contribution in [0.3, 0.4) is 0 Å². The second-order valence-electron chi connectivity index (χ2n) is 3.85. The van der Waals surface area contributed by atoms with Crippen molar-refractivity contribution < 1.29 is 9.53 Å². The summed E-state index contributed by atoms with van der Waals surface area (Å²) in [6.45, 7) is 3.22. The zero-order valence-electron chi connectivity index (χ0n) is 10.1. The minimum atomic E-state index is -0.331. The van der Waals surface area contributed by atoms with Crippen LogP contribution in [-0.2, 0) is 11.3 Å². The summed E-state index contributed by atoms with van der Waals surface area (Å²) in [5.74, 6) is -0.327. The summed E-state index contributed by atoms with van der Waals surface area (Å²) in [6.07, 6.45) is 0. The molecule has 1 rings (SSSR count). The van der Waals surface area contributed by atoms with Gasteiger partial charge in [0.25, 0.3) is 0 Å². The van der Waals surface area contributed by atoms with E-state index in [1.165, 1.54) is 7.11 Å². The maximum absolute atomic E-state index is 11.2. The fourth-order valence-electron chi connectivity index (χ4n) is 1.36. The molecule has 1 aromatic carbocycles. The third-order valence-electron chi connectivity index (χ3n) is 2.38. The first-order valence-corrected chi connectivity index (χ1v) is 5.45. The maximum Gasteiger partial charge on any atom is 0.337 e. The van der Waals surface area contributed by atoms with E-state index in [-0.39, 0.29) is 11.9 Å². The number of ether oxygens (including phenoxy) is 1. The number of esters is 1. The quantitative estimate of drug-likeness (QED) is 0.785. The fourth-order valence-corrected chi connectivity index (χ4v) is 1.36. The second kappa shape index (κ2) is 6.66. The number of hydrogen-bond acceptors (Lipinski definition) is 4. The Bertz CT molecular complexity index is 406. The topological polar surface area (TPSA) is 62.1 Å². The molecular weight excluding hydrogens is 216 g/mol. The molecule has 0 fully saturated rings. The lowest BCUT2D eigenvalue weighted by atomic mass is 10.1. The van der Waals surface area contributed by atoms with Crippen molar-refractivity contribution in [1.82, 2.24) is 5.32 Å². The number of methoxy groups -OCH3 is 1. The van der Waals surface area contributed by atoms with E-state index >= 15 is 0 Å². The Morgan fingerprint density at radius 3 is 2.65 bits per heavy atom. The number of benzene rings is 1. The van der Waals surface area contributed by atoms with Crippen molar-refractivity contribution in [2.75, 3.05) is 13.7 Å². The first-order valence-electron chi connectivity index (χ1n) is 5.45. The van der Waals surface area contributed by atoms with Crippen LogP contribution in [-0.4, -0.2) is 19.6 Å². The van der Waals surface area contributed by atoms with Crippen molar-refractivity contribution in [2.24, 2.45) is 5.92 Å². The van der Waals surface area contributed by atoms with Crippen LogP contribution >= 0.6 is 0 Å². The zero-order chi connectivity index (χ0) is 12.7. The predicted octanol–water partition coefficient (Wildman–Crippen LogP) is 1.72. The fraction of sp³-hybridized carbons (Fsp3) is 0.385. The Morgan fingerprint density at radius 1 is 1.47 bits per heavy atom. The summed E-state index contributed by atoms with van der Waals surface area (Å²) in [7, 11) is 1.36. The van der Waals surface area contributed by atoms with Crippen molar-refractivity contribution in [3.05, 3.63) is 35.4 Å². The smallest absolute Gasteiger partial charge is 0.337 e. The van der Waals surface area contributed by atoms with Crippen LogP contribution in [0.5, 0.6) is 0 Å². The summed E-state index contributed by atoms with van der Waals surface area (Å²) >= 11 is 0. The van der Waals surface area contributed by atoms with Gasteiger partial charge >= 0.3 is 5.97 Å². The molecule has 0 aliphatic carbocycles. The molecule has 0 saturated heterocycles. The van der Waals surface area contributed by atoms with E-state index in [0.717, 1.165) is 5.56 Å². The molecule has 1 atom stereocenters. The third kappa shape index (κ3) is 4.25. The molecule has 0 heterocycles. The van der Waals surface area contributed by atoms with E-state index in [4.69, 9.17) is 5.26 Å². The van der Waals surface area contributed by atoms with Gasteiger partial charge in [0.1, 0.15) is 0 Å². The SMILES string of the molecule is COC(=O)c1ccc(CNC[C@H](C)C#N)cc1. The summed E-state index contributed by atoms with van der Waals surface area (Å²) < 4.78 is 4.61. The lowest BCUT2D eigenvalue weighted by Crippen LogP contribution is -2.19. The molecule has 4 heteroatoms. The van der Waals surface area contributed by atoms with E-state index in [0.29, 0.717) is 18.7 Å². The molecule has 1 N–H and O–H groups in total. The van der Waals surface area contributed by atoms with Gasteiger partial charge in [0.05, 0.1) is 24.7 Å². The largest absolute Gasteiger partial charge is 0.465 e. The highest BCUT2D eigenvalue weighted by Gasteiger charge is 2.04. The van der Waals surface area contributed by atoms with E-state index in [9.17, 15) is 4.79 Å². The van der Waals surface area contributed by atoms with Crippen molar-refractivity contribution in [1.29, 1.82) is 5.26 Å². The minimum Gasteiger partial charge on any atom is -0.465 e. The number of carbonyl (C=O) groups is 1. The Balaban J connectivity index is 2.46. The van der Waals surface area contributed by atoms with Crippen LogP contribution in [0.1, 0.15) is 22.8 Å². The molecule has 0 radical (unpaired) electrons. The van der Waals surface area contributed by atoms with Crippen LogP contribution in [0.15, 0.2) is 24.3 Å². The van der Waals surface area contributed by atoms with Crippen LogP contribution < -0.4 is 5.32 Å². The average molecular weight is 232 g/mol. The number of nitrogens with zero attached hydrogens (tertiary/aromatic N) is 1. The number of hydrogen-bond donors (Lipinski definition) is 1. The molecule has 0 unspecified atom stereocenters.